The van der Waals surface area contributed by atoms with E-state index in [1.54, 1.807) is 0 Å². The number of benzene rings is 2. The van der Waals surface area contributed by atoms with Gasteiger partial charge in [0.15, 0.2) is 0 Å². The van der Waals surface area contributed by atoms with Crippen molar-refractivity contribution in [3.8, 4) is 0 Å². The fourth-order valence-electron chi connectivity index (χ4n) is 1.75. The van der Waals surface area contributed by atoms with Crippen molar-refractivity contribution in [2.24, 2.45) is 0 Å². The third kappa shape index (κ3) is 4.07. The molecule has 7 heteroatoms. The lowest BCUT2D eigenvalue weighted by Crippen LogP contribution is -2.08. The lowest BCUT2D eigenvalue weighted by Gasteiger charge is -2.12. The Morgan fingerprint density at radius 2 is 1.71 bits per heavy atom. The number of halogens is 6. The maximum atomic E-state index is 13.5. The van der Waals surface area contributed by atoms with Crippen LogP contribution in [0.4, 0.5) is 27.6 Å². The van der Waals surface area contributed by atoms with Crippen LogP contribution in [0.15, 0.2) is 36.4 Å². The third-order valence-electron chi connectivity index (χ3n) is 2.70. The van der Waals surface area contributed by atoms with Gasteiger partial charge >= 0.3 is 6.18 Å². The van der Waals surface area contributed by atoms with Gasteiger partial charge in [0.05, 0.1) is 11.3 Å². The highest BCUT2D eigenvalue weighted by Gasteiger charge is 2.31. The molecule has 2 rings (SSSR count). The van der Waals surface area contributed by atoms with Crippen molar-refractivity contribution in [2.45, 2.75) is 12.7 Å². The topological polar surface area (TPSA) is 12.0 Å². The van der Waals surface area contributed by atoms with E-state index in [-0.39, 0.29) is 17.3 Å². The summed E-state index contributed by atoms with van der Waals surface area (Å²) in [5.41, 5.74) is -0.898. The molecule has 1 nitrogen and oxygen atoms in total. The van der Waals surface area contributed by atoms with Crippen LogP contribution in [0.25, 0.3) is 0 Å². The molecule has 0 bridgehead atoms. The van der Waals surface area contributed by atoms with Crippen LogP contribution in [0.2, 0.25) is 5.02 Å². The molecule has 0 aromatic heterocycles. The summed E-state index contributed by atoms with van der Waals surface area (Å²) in [6, 6.07) is 5.73. The van der Waals surface area contributed by atoms with E-state index < -0.39 is 23.4 Å². The van der Waals surface area contributed by atoms with E-state index in [1.807, 2.05) is 0 Å². The molecule has 0 aliphatic heterocycles. The van der Waals surface area contributed by atoms with E-state index in [0.29, 0.717) is 17.7 Å². The Bertz CT molecular complexity index is 634. The molecule has 1 N–H and O–H groups in total. The van der Waals surface area contributed by atoms with Gasteiger partial charge in [-0.1, -0.05) is 11.6 Å². The fraction of sp³-hybridized carbons (Fsp3) is 0.143. The summed E-state index contributed by atoms with van der Waals surface area (Å²) in [5.74, 6) is -1.41. The monoisotopic (exact) mass is 321 g/mol. The molecule has 0 amide bonds. The molecule has 0 saturated carbocycles. The van der Waals surface area contributed by atoms with E-state index in [4.69, 9.17) is 11.6 Å². The predicted octanol–water partition coefficient (Wildman–Crippen LogP) is 5.25. The molecule has 0 spiro atoms. The highest BCUT2D eigenvalue weighted by atomic mass is 35.5. The molecule has 0 saturated heterocycles. The Morgan fingerprint density at radius 3 is 2.33 bits per heavy atom. The molecule has 0 aliphatic carbocycles. The Labute approximate surface area is 122 Å². The second-order valence-corrected chi connectivity index (χ2v) is 4.76. The molecule has 0 radical (unpaired) electrons. The van der Waals surface area contributed by atoms with Crippen LogP contribution in [-0.4, -0.2) is 0 Å². The van der Waals surface area contributed by atoms with Crippen LogP contribution in [0.1, 0.15) is 11.1 Å². The predicted molar refractivity (Wildman–Crippen MR) is 70.1 cm³/mol. The number of hydrogen-bond donors (Lipinski definition) is 1. The molecule has 0 heterocycles. The summed E-state index contributed by atoms with van der Waals surface area (Å²) < 4.78 is 64.3. The maximum Gasteiger partial charge on any atom is 0.416 e. The van der Waals surface area contributed by atoms with Crippen LogP contribution in [-0.2, 0) is 12.7 Å². The van der Waals surface area contributed by atoms with Crippen LogP contribution in [0.3, 0.4) is 0 Å². The van der Waals surface area contributed by atoms with E-state index >= 15 is 0 Å². The maximum absolute atomic E-state index is 13.5. The quantitative estimate of drug-likeness (QED) is 0.761. The summed E-state index contributed by atoms with van der Waals surface area (Å²) in [5, 5.41) is 2.65. The van der Waals surface area contributed by atoms with Crippen molar-refractivity contribution in [3.05, 3.63) is 64.2 Å². The SMILES string of the molecule is Fc1cc(Cl)cc(CNc2cc(C(F)(F)F)ccc2F)c1. The number of rotatable bonds is 3. The van der Waals surface area contributed by atoms with Crippen molar-refractivity contribution >= 4 is 17.3 Å². The third-order valence-corrected chi connectivity index (χ3v) is 2.92. The van der Waals surface area contributed by atoms with Gasteiger partial charge in [0.25, 0.3) is 0 Å². The number of hydrogen-bond acceptors (Lipinski definition) is 1. The summed E-state index contributed by atoms with van der Waals surface area (Å²) >= 11 is 5.66. The molecule has 2 aromatic rings. The summed E-state index contributed by atoms with van der Waals surface area (Å²) in [4.78, 5) is 0. The molecule has 0 fully saturated rings. The van der Waals surface area contributed by atoms with Gasteiger partial charge in [0.2, 0.25) is 0 Å². The zero-order valence-corrected chi connectivity index (χ0v) is 11.2. The second-order valence-electron chi connectivity index (χ2n) is 4.32. The summed E-state index contributed by atoms with van der Waals surface area (Å²) in [7, 11) is 0. The van der Waals surface area contributed by atoms with Gasteiger partial charge in [-0.25, -0.2) is 8.78 Å². The number of anilines is 1. The minimum atomic E-state index is -4.56. The Hall–Kier alpha value is -1.82. The zero-order chi connectivity index (χ0) is 15.6. The Kier molecular flexibility index (Phi) is 4.37. The number of alkyl halides is 3. The van der Waals surface area contributed by atoms with E-state index in [1.165, 1.54) is 6.07 Å². The van der Waals surface area contributed by atoms with Gasteiger partial charge < -0.3 is 5.32 Å². The van der Waals surface area contributed by atoms with Crippen molar-refractivity contribution in [1.82, 2.24) is 0 Å². The molecular formula is C14H9ClF5N. The van der Waals surface area contributed by atoms with Crippen molar-refractivity contribution in [3.63, 3.8) is 0 Å². The fourth-order valence-corrected chi connectivity index (χ4v) is 1.99. The molecule has 0 unspecified atom stereocenters. The first-order valence-electron chi connectivity index (χ1n) is 5.81. The highest BCUT2D eigenvalue weighted by Crippen LogP contribution is 2.32. The smallest absolute Gasteiger partial charge is 0.379 e. The molecule has 0 aliphatic rings. The normalized spacial score (nSPS) is 11.5. The molecule has 21 heavy (non-hydrogen) atoms. The molecule has 0 atom stereocenters. The average molecular weight is 322 g/mol. The largest absolute Gasteiger partial charge is 0.416 e. The van der Waals surface area contributed by atoms with Gasteiger partial charge in [-0.15, -0.1) is 0 Å². The van der Waals surface area contributed by atoms with Crippen LogP contribution in [0, 0.1) is 11.6 Å². The molecule has 2 aromatic carbocycles. The van der Waals surface area contributed by atoms with E-state index in [9.17, 15) is 22.0 Å². The van der Waals surface area contributed by atoms with Gasteiger partial charge in [0, 0.05) is 11.6 Å². The highest BCUT2D eigenvalue weighted by molar-refractivity contribution is 6.30. The van der Waals surface area contributed by atoms with Crippen molar-refractivity contribution in [2.75, 3.05) is 5.32 Å². The minimum absolute atomic E-state index is 0.0598. The lowest BCUT2D eigenvalue weighted by atomic mass is 10.1. The van der Waals surface area contributed by atoms with Crippen LogP contribution in [0.5, 0.6) is 0 Å². The summed E-state index contributed by atoms with van der Waals surface area (Å²) in [6.45, 7) is -0.0598. The minimum Gasteiger partial charge on any atom is -0.379 e. The van der Waals surface area contributed by atoms with E-state index in [0.717, 1.165) is 18.2 Å². The number of nitrogens with one attached hydrogen (secondary N) is 1. The van der Waals surface area contributed by atoms with Gasteiger partial charge in [-0.2, -0.15) is 13.2 Å². The van der Waals surface area contributed by atoms with Crippen LogP contribution < -0.4 is 5.32 Å². The lowest BCUT2D eigenvalue weighted by molar-refractivity contribution is -0.137. The Balaban J connectivity index is 2.19. The van der Waals surface area contributed by atoms with Gasteiger partial charge in [-0.3, -0.25) is 0 Å². The van der Waals surface area contributed by atoms with Crippen LogP contribution >= 0.6 is 11.6 Å². The first-order chi connectivity index (χ1) is 9.75. The standard InChI is InChI=1S/C14H9ClF5N/c15-10-3-8(4-11(16)6-10)7-21-13-5-9(14(18,19)20)1-2-12(13)17/h1-6,21H,7H2. The molecule has 112 valence electrons. The van der Waals surface area contributed by atoms with Gasteiger partial charge in [0.1, 0.15) is 11.6 Å². The van der Waals surface area contributed by atoms with Crippen molar-refractivity contribution < 1.29 is 22.0 Å². The van der Waals surface area contributed by atoms with E-state index in [2.05, 4.69) is 5.32 Å². The first kappa shape index (κ1) is 15.6. The second kappa shape index (κ2) is 5.89. The van der Waals surface area contributed by atoms with Crippen molar-refractivity contribution in [1.29, 1.82) is 0 Å². The zero-order valence-electron chi connectivity index (χ0n) is 10.4. The first-order valence-corrected chi connectivity index (χ1v) is 6.19. The Morgan fingerprint density at radius 1 is 1.00 bits per heavy atom. The average Bonchev–Trinajstić information content (AvgIpc) is 2.35. The summed E-state index contributed by atoms with van der Waals surface area (Å²) in [6.07, 6.45) is -4.56. The molecular weight excluding hydrogens is 313 g/mol. The van der Waals surface area contributed by atoms with Gasteiger partial charge in [-0.05, 0) is 42.0 Å².